The maximum atomic E-state index is 12.5. The van der Waals surface area contributed by atoms with Gasteiger partial charge >= 0.3 is 5.69 Å². The number of nitrogens with one attached hydrogen (secondary N) is 1. The summed E-state index contributed by atoms with van der Waals surface area (Å²) in [6, 6.07) is 4.97. The molecule has 2 rings (SSSR count). The van der Waals surface area contributed by atoms with Crippen LogP contribution in [-0.2, 0) is 6.42 Å². The number of methoxy groups -OCH3 is 1. The highest BCUT2D eigenvalue weighted by Crippen LogP contribution is 2.26. The van der Waals surface area contributed by atoms with Crippen molar-refractivity contribution in [3.63, 3.8) is 0 Å². The molecule has 0 spiro atoms. The number of hydrogen-bond acceptors (Lipinski definition) is 3. The molecule has 0 saturated carbocycles. The first kappa shape index (κ1) is 15.9. The Hall–Kier alpha value is -1.53. The molecule has 0 fully saturated rings. The molecule has 7 heteroatoms. The van der Waals surface area contributed by atoms with Gasteiger partial charge in [-0.3, -0.25) is 9.78 Å². The van der Waals surface area contributed by atoms with Gasteiger partial charge in [0.1, 0.15) is 10.9 Å². The molecule has 0 aliphatic heterocycles. The molecule has 0 saturated heterocycles. The van der Waals surface area contributed by atoms with Crippen molar-refractivity contribution in [3.8, 4) is 11.4 Å². The molecule has 1 aromatic carbocycles. The van der Waals surface area contributed by atoms with Gasteiger partial charge in [-0.2, -0.15) is 0 Å². The van der Waals surface area contributed by atoms with Gasteiger partial charge in [0, 0.05) is 0 Å². The van der Waals surface area contributed by atoms with Gasteiger partial charge < -0.3 is 4.74 Å². The first-order valence-electron chi connectivity index (χ1n) is 6.37. The van der Waals surface area contributed by atoms with Crippen LogP contribution in [0.3, 0.4) is 0 Å². The van der Waals surface area contributed by atoms with E-state index in [-0.39, 0.29) is 5.15 Å². The number of ether oxygens (including phenoxy) is 1. The van der Waals surface area contributed by atoms with Gasteiger partial charge in [-0.1, -0.05) is 24.9 Å². The van der Waals surface area contributed by atoms with Crippen LogP contribution in [0.2, 0.25) is 5.15 Å². The highest BCUT2D eigenvalue weighted by molar-refractivity contribution is 9.10. The van der Waals surface area contributed by atoms with E-state index in [4.69, 9.17) is 16.3 Å². The average Bonchev–Trinajstić information content (AvgIpc) is 2.43. The van der Waals surface area contributed by atoms with Crippen LogP contribution in [0.1, 0.15) is 18.9 Å². The van der Waals surface area contributed by atoms with Gasteiger partial charge in [0.25, 0.3) is 5.56 Å². The van der Waals surface area contributed by atoms with E-state index < -0.39 is 11.2 Å². The third-order valence-electron chi connectivity index (χ3n) is 3.04. The summed E-state index contributed by atoms with van der Waals surface area (Å²) in [5, 5.41) is 0.107. The molecule has 1 heterocycles. The third kappa shape index (κ3) is 3.06. The zero-order chi connectivity index (χ0) is 15.6. The topological polar surface area (TPSA) is 64.1 Å². The molecule has 2 aromatic rings. The number of halogens is 2. The van der Waals surface area contributed by atoms with Crippen molar-refractivity contribution in [1.82, 2.24) is 9.55 Å². The summed E-state index contributed by atoms with van der Waals surface area (Å²) in [6.45, 7) is 1.94. The molecule has 0 bridgehead atoms. The first-order chi connectivity index (χ1) is 9.99. The maximum Gasteiger partial charge on any atom is 0.334 e. The van der Waals surface area contributed by atoms with Crippen LogP contribution in [0.5, 0.6) is 5.75 Å². The Morgan fingerprint density at radius 2 is 2.10 bits per heavy atom. The Morgan fingerprint density at radius 3 is 2.67 bits per heavy atom. The third-order valence-corrected chi connectivity index (χ3v) is 3.98. The lowest BCUT2D eigenvalue weighted by Gasteiger charge is -2.10. The van der Waals surface area contributed by atoms with Gasteiger partial charge in [0.05, 0.1) is 22.8 Å². The first-order valence-corrected chi connectivity index (χ1v) is 7.54. The van der Waals surface area contributed by atoms with Crippen LogP contribution in [0.15, 0.2) is 32.3 Å². The lowest BCUT2D eigenvalue weighted by atomic mass is 10.2. The summed E-state index contributed by atoms with van der Waals surface area (Å²) < 4.78 is 6.86. The van der Waals surface area contributed by atoms with Crippen molar-refractivity contribution < 1.29 is 4.74 Å². The Morgan fingerprint density at radius 1 is 1.38 bits per heavy atom. The van der Waals surface area contributed by atoms with Crippen LogP contribution in [0, 0.1) is 0 Å². The van der Waals surface area contributed by atoms with Crippen molar-refractivity contribution >= 4 is 27.5 Å². The number of hydrogen-bond donors (Lipinski definition) is 1. The van der Waals surface area contributed by atoms with E-state index in [2.05, 4.69) is 20.9 Å². The number of nitrogens with zero attached hydrogens (tertiary/aromatic N) is 1. The fourth-order valence-corrected chi connectivity index (χ4v) is 2.83. The molecular weight excluding hydrogens is 360 g/mol. The summed E-state index contributed by atoms with van der Waals surface area (Å²) in [6.07, 6.45) is 1.26. The van der Waals surface area contributed by atoms with E-state index in [0.29, 0.717) is 27.9 Å². The van der Waals surface area contributed by atoms with E-state index in [9.17, 15) is 9.59 Å². The highest BCUT2D eigenvalue weighted by atomic mass is 79.9. The molecule has 1 N–H and O–H groups in total. The minimum absolute atomic E-state index is 0.107. The van der Waals surface area contributed by atoms with E-state index in [1.54, 1.807) is 25.3 Å². The number of aromatic amines is 1. The molecule has 0 aliphatic carbocycles. The van der Waals surface area contributed by atoms with Gasteiger partial charge in [0.2, 0.25) is 0 Å². The van der Waals surface area contributed by atoms with E-state index in [0.717, 1.165) is 11.0 Å². The minimum atomic E-state index is -0.568. The van der Waals surface area contributed by atoms with Crippen molar-refractivity contribution in [2.45, 2.75) is 19.8 Å². The van der Waals surface area contributed by atoms with Gasteiger partial charge in [0.15, 0.2) is 0 Å². The number of benzene rings is 1. The molecule has 1 aromatic heterocycles. The lowest BCUT2D eigenvalue weighted by Crippen LogP contribution is -2.36. The second kappa shape index (κ2) is 6.49. The molecule has 5 nitrogen and oxygen atoms in total. The number of aromatic nitrogens is 2. The summed E-state index contributed by atoms with van der Waals surface area (Å²) in [7, 11) is 1.54. The summed E-state index contributed by atoms with van der Waals surface area (Å²) in [5.41, 5.74) is -0.113. The van der Waals surface area contributed by atoms with Crippen molar-refractivity contribution in [2.75, 3.05) is 7.11 Å². The summed E-state index contributed by atoms with van der Waals surface area (Å²) in [5.74, 6) is 0.617. The average molecular weight is 374 g/mol. The van der Waals surface area contributed by atoms with E-state index >= 15 is 0 Å². The molecule has 112 valence electrons. The zero-order valence-electron chi connectivity index (χ0n) is 11.6. The summed E-state index contributed by atoms with van der Waals surface area (Å²) >= 11 is 9.29. The van der Waals surface area contributed by atoms with Crippen LogP contribution >= 0.6 is 27.5 Å². The van der Waals surface area contributed by atoms with Crippen molar-refractivity contribution in [2.24, 2.45) is 0 Å². The number of rotatable bonds is 4. The normalized spacial score (nSPS) is 10.7. The molecule has 0 aliphatic rings. The molecule has 21 heavy (non-hydrogen) atoms. The Labute approximate surface area is 134 Å². The molecule has 0 radical (unpaired) electrons. The Balaban J connectivity index is 2.69. The molecule has 0 atom stereocenters. The predicted molar refractivity (Wildman–Crippen MR) is 85.9 cm³/mol. The van der Waals surface area contributed by atoms with E-state index in [1.807, 2.05) is 6.92 Å². The molecule has 0 amide bonds. The second-order valence-electron chi connectivity index (χ2n) is 4.43. The monoisotopic (exact) mass is 372 g/mol. The van der Waals surface area contributed by atoms with Crippen molar-refractivity contribution in [1.29, 1.82) is 0 Å². The minimum Gasteiger partial charge on any atom is -0.496 e. The van der Waals surface area contributed by atoms with Crippen LogP contribution in [0.4, 0.5) is 0 Å². The van der Waals surface area contributed by atoms with Crippen LogP contribution < -0.4 is 16.0 Å². The SMILES string of the molecule is CCCc1c(Cl)[nH]c(=O)n(-c2ccc(OC)c(Br)c2)c1=O. The fourth-order valence-electron chi connectivity index (χ4n) is 2.04. The van der Waals surface area contributed by atoms with Gasteiger partial charge in [-0.15, -0.1) is 0 Å². The fraction of sp³-hybridized carbons (Fsp3) is 0.286. The Bertz CT molecular complexity index is 783. The van der Waals surface area contributed by atoms with Gasteiger partial charge in [-0.05, 0) is 40.5 Å². The van der Waals surface area contributed by atoms with Crippen LogP contribution in [-0.4, -0.2) is 16.7 Å². The van der Waals surface area contributed by atoms with E-state index in [1.165, 1.54) is 0 Å². The maximum absolute atomic E-state index is 12.5. The largest absolute Gasteiger partial charge is 0.496 e. The molecular formula is C14H14BrClN2O3. The van der Waals surface area contributed by atoms with Gasteiger partial charge in [-0.25, -0.2) is 9.36 Å². The number of H-pyrrole nitrogens is 1. The smallest absolute Gasteiger partial charge is 0.334 e. The van der Waals surface area contributed by atoms with Crippen LogP contribution in [0.25, 0.3) is 5.69 Å². The van der Waals surface area contributed by atoms with Crippen molar-refractivity contribution in [3.05, 3.63) is 54.2 Å². The quantitative estimate of drug-likeness (QED) is 0.838. The highest BCUT2D eigenvalue weighted by Gasteiger charge is 2.14. The molecule has 0 unspecified atom stereocenters. The summed E-state index contributed by atoms with van der Waals surface area (Å²) in [4.78, 5) is 27.0. The zero-order valence-corrected chi connectivity index (χ0v) is 13.9. The standard InChI is InChI=1S/C14H14BrClN2O3/c1-3-4-9-12(16)17-14(20)18(13(9)19)8-5-6-11(21-2)10(15)7-8/h5-7H,3-4H2,1-2H3,(H,17,20). The Kier molecular flexibility index (Phi) is 4.90. The second-order valence-corrected chi connectivity index (χ2v) is 5.66. The lowest BCUT2D eigenvalue weighted by molar-refractivity contribution is 0.412. The predicted octanol–water partition coefficient (Wildman–Crippen LogP) is 2.90.